The summed E-state index contributed by atoms with van der Waals surface area (Å²) in [5.74, 6) is -0.324. The number of carbonyl (C=O) groups is 1. The standard InChI is InChI=1S/C14H13NO2S/c1-17-14(16)10-3-2-4-13(9-10)18-12-7-5-11(15)6-8-12/h2-9H,15H2,1H3. The minimum atomic E-state index is -0.324. The first kappa shape index (κ1) is 12.5. The summed E-state index contributed by atoms with van der Waals surface area (Å²) in [7, 11) is 1.38. The quantitative estimate of drug-likeness (QED) is 0.679. The zero-order chi connectivity index (χ0) is 13.0. The highest BCUT2D eigenvalue weighted by molar-refractivity contribution is 7.99. The van der Waals surface area contributed by atoms with Crippen molar-refractivity contribution in [1.82, 2.24) is 0 Å². The average molecular weight is 259 g/mol. The first-order valence-corrected chi connectivity index (χ1v) is 6.22. The van der Waals surface area contributed by atoms with E-state index in [9.17, 15) is 4.79 Å². The Labute approximate surface area is 110 Å². The van der Waals surface area contributed by atoms with Crippen molar-refractivity contribution < 1.29 is 9.53 Å². The molecule has 2 N–H and O–H groups in total. The van der Waals surface area contributed by atoms with Crippen LogP contribution in [0.2, 0.25) is 0 Å². The van der Waals surface area contributed by atoms with Crippen LogP contribution in [0.4, 0.5) is 5.69 Å². The van der Waals surface area contributed by atoms with Gasteiger partial charge in [-0.3, -0.25) is 0 Å². The molecule has 0 atom stereocenters. The zero-order valence-electron chi connectivity index (χ0n) is 9.92. The third-order valence-electron chi connectivity index (χ3n) is 2.37. The summed E-state index contributed by atoms with van der Waals surface area (Å²) in [6, 6.07) is 14.9. The largest absolute Gasteiger partial charge is 0.465 e. The number of esters is 1. The Hall–Kier alpha value is -1.94. The Morgan fingerprint density at radius 3 is 2.50 bits per heavy atom. The van der Waals surface area contributed by atoms with Gasteiger partial charge in [0.1, 0.15) is 0 Å². The molecule has 0 aliphatic carbocycles. The summed E-state index contributed by atoms with van der Waals surface area (Å²) >= 11 is 1.58. The van der Waals surface area contributed by atoms with E-state index in [4.69, 9.17) is 10.5 Å². The number of carbonyl (C=O) groups excluding carboxylic acids is 1. The first-order chi connectivity index (χ1) is 8.69. The maximum atomic E-state index is 11.4. The molecule has 2 aromatic rings. The van der Waals surface area contributed by atoms with Gasteiger partial charge in [-0.15, -0.1) is 0 Å². The van der Waals surface area contributed by atoms with Crippen molar-refractivity contribution in [3.05, 3.63) is 54.1 Å². The molecule has 0 aliphatic heterocycles. The number of hydrogen-bond donors (Lipinski definition) is 1. The van der Waals surface area contributed by atoms with Crippen LogP contribution in [-0.2, 0) is 4.74 Å². The van der Waals surface area contributed by atoms with Gasteiger partial charge in [0.05, 0.1) is 12.7 Å². The highest BCUT2D eigenvalue weighted by atomic mass is 32.2. The van der Waals surface area contributed by atoms with E-state index in [0.29, 0.717) is 5.56 Å². The molecule has 18 heavy (non-hydrogen) atoms. The number of ether oxygens (including phenoxy) is 1. The molecule has 0 radical (unpaired) electrons. The molecule has 2 rings (SSSR count). The van der Waals surface area contributed by atoms with Gasteiger partial charge < -0.3 is 10.5 Å². The molecule has 0 saturated heterocycles. The second-order valence-corrected chi connectivity index (χ2v) is 4.84. The summed E-state index contributed by atoms with van der Waals surface area (Å²) in [6.07, 6.45) is 0. The van der Waals surface area contributed by atoms with Crippen LogP contribution in [0.25, 0.3) is 0 Å². The normalized spacial score (nSPS) is 10.1. The average Bonchev–Trinajstić information content (AvgIpc) is 2.41. The fourth-order valence-electron chi connectivity index (χ4n) is 1.48. The van der Waals surface area contributed by atoms with Gasteiger partial charge in [-0.2, -0.15) is 0 Å². The Balaban J connectivity index is 2.19. The van der Waals surface area contributed by atoms with Gasteiger partial charge in [-0.25, -0.2) is 4.79 Å². The summed E-state index contributed by atoms with van der Waals surface area (Å²) in [5.41, 5.74) is 6.92. The predicted octanol–water partition coefficient (Wildman–Crippen LogP) is 3.21. The van der Waals surface area contributed by atoms with E-state index in [1.807, 2.05) is 42.5 Å². The molecular formula is C14H13NO2S. The molecule has 0 bridgehead atoms. The van der Waals surface area contributed by atoms with Gasteiger partial charge in [-0.1, -0.05) is 17.8 Å². The van der Waals surface area contributed by atoms with Crippen molar-refractivity contribution in [1.29, 1.82) is 0 Å². The molecule has 2 aromatic carbocycles. The molecule has 92 valence electrons. The van der Waals surface area contributed by atoms with Crippen molar-refractivity contribution >= 4 is 23.4 Å². The molecule has 0 amide bonds. The van der Waals surface area contributed by atoms with Crippen LogP contribution in [-0.4, -0.2) is 13.1 Å². The van der Waals surface area contributed by atoms with Crippen LogP contribution in [0.1, 0.15) is 10.4 Å². The van der Waals surface area contributed by atoms with Crippen molar-refractivity contribution in [3.63, 3.8) is 0 Å². The van der Waals surface area contributed by atoms with Crippen LogP contribution >= 0.6 is 11.8 Å². The number of nitrogens with two attached hydrogens (primary N) is 1. The molecule has 0 aliphatic rings. The van der Waals surface area contributed by atoms with E-state index >= 15 is 0 Å². The predicted molar refractivity (Wildman–Crippen MR) is 72.8 cm³/mol. The SMILES string of the molecule is COC(=O)c1cccc(Sc2ccc(N)cc2)c1. The molecule has 4 heteroatoms. The second-order valence-electron chi connectivity index (χ2n) is 3.69. The molecule has 0 heterocycles. The number of benzene rings is 2. The molecule has 0 unspecified atom stereocenters. The minimum Gasteiger partial charge on any atom is -0.465 e. The number of methoxy groups -OCH3 is 1. The van der Waals surface area contributed by atoms with E-state index in [1.54, 1.807) is 17.8 Å². The summed E-state index contributed by atoms with van der Waals surface area (Å²) < 4.78 is 4.69. The summed E-state index contributed by atoms with van der Waals surface area (Å²) in [4.78, 5) is 13.5. The highest BCUT2D eigenvalue weighted by Crippen LogP contribution is 2.28. The fraction of sp³-hybridized carbons (Fsp3) is 0.0714. The Morgan fingerprint density at radius 1 is 1.11 bits per heavy atom. The van der Waals surface area contributed by atoms with Gasteiger partial charge in [0, 0.05) is 15.5 Å². The van der Waals surface area contributed by atoms with Crippen molar-refractivity contribution in [2.75, 3.05) is 12.8 Å². The van der Waals surface area contributed by atoms with Crippen molar-refractivity contribution in [2.45, 2.75) is 9.79 Å². The summed E-state index contributed by atoms with van der Waals surface area (Å²) in [6.45, 7) is 0. The first-order valence-electron chi connectivity index (χ1n) is 5.41. The van der Waals surface area contributed by atoms with Gasteiger partial charge >= 0.3 is 5.97 Å². The van der Waals surface area contributed by atoms with Crippen LogP contribution in [0.15, 0.2) is 58.3 Å². The molecule has 0 aromatic heterocycles. The van der Waals surface area contributed by atoms with E-state index < -0.39 is 0 Å². The number of rotatable bonds is 3. The third-order valence-corrected chi connectivity index (χ3v) is 3.37. The molecular weight excluding hydrogens is 246 g/mol. The van der Waals surface area contributed by atoms with Gasteiger partial charge in [0.15, 0.2) is 0 Å². The lowest BCUT2D eigenvalue weighted by Crippen LogP contribution is -2.00. The van der Waals surface area contributed by atoms with Gasteiger partial charge in [0.2, 0.25) is 0 Å². The highest BCUT2D eigenvalue weighted by Gasteiger charge is 2.06. The molecule has 0 saturated carbocycles. The summed E-state index contributed by atoms with van der Waals surface area (Å²) in [5, 5.41) is 0. The van der Waals surface area contributed by atoms with Crippen LogP contribution in [0.5, 0.6) is 0 Å². The Kier molecular flexibility index (Phi) is 3.89. The zero-order valence-corrected chi connectivity index (χ0v) is 10.7. The van der Waals surface area contributed by atoms with E-state index in [1.165, 1.54) is 7.11 Å². The lowest BCUT2D eigenvalue weighted by atomic mass is 10.2. The Bertz CT molecular complexity index is 552. The maximum absolute atomic E-state index is 11.4. The van der Waals surface area contributed by atoms with Gasteiger partial charge in [-0.05, 0) is 42.5 Å². The number of hydrogen-bond acceptors (Lipinski definition) is 4. The number of anilines is 1. The minimum absolute atomic E-state index is 0.324. The van der Waals surface area contributed by atoms with E-state index in [-0.39, 0.29) is 5.97 Å². The Morgan fingerprint density at radius 2 is 1.83 bits per heavy atom. The monoisotopic (exact) mass is 259 g/mol. The van der Waals surface area contributed by atoms with Gasteiger partial charge in [0.25, 0.3) is 0 Å². The van der Waals surface area contributed by atoms with E-state index in [0.717, 1.165) is 15.5 Å². The third kappa shape index (κ3) is 3.05. The smallest absolute Gasteiger partial charge is 0.337 e. The molecule has 3 nitrogen and oxygen atoms in total. The second kappa shape index (κ2) is 5.60. The van der Waals surface area contributed by atoms with Crippen LogP contribution < -0.4 is 5.73 Å². The van der Waals surface area contributed by atoms with Crippen molar-refractivity contribution in [3.8, 4) is 0 Å². The van der Waals surface area contributed by atoms with Crippen LogP contribution in [0.3, 0.4) is 0 Å². The number of nitrogen functional groups attached to an aromatic ring is 1. The molecule has 0 spiro atoms. The fourth-order valence-corrected chi connectivity index (χ4v) is 2.35. The maximum Gasteiger partial charge on any atom is 0.337 e. The topological polar surface area (TPSA) is 52.3 Å². The molecule has 0 fully saturated rings. The lowest BCUT2D eigenvalue weighted by molar-refractivity contribution is 0.0600. The van der Waals surface area contributed by atoms with Crippen LogP contribution in [0, 0.1) is 0 Å². The lowest BCUT2D eigenvalue weighted by Gasteiger charge is -2.04. The van der Waals surface area contributed by atoms with Crippen molar-refractivity contribution in [2.24, 2.45) is 0 Å². The van der Waals surface area contributed by atoms with E-state index in [2.05, 4.69) is 0 Å².